The van der Waals surface area contributed by atoms with Crippen LogP contribution in [0.1, 0.15) is 0 Å². The van der Waals surface area contributed by atoms with Gasteiger partial charge >= 0.3 is 0 Å². The van der Waals surface area contributed by atoms with Crippen molar-refractivity contribution in [2.45, 2.75) is 0 Å². The molecular weight excluding hydrogens is 312 g/mol. The van der Waals surface area contributed by atoms with E-state index in [0.717, 1.165) is 20.2 Å². The van der Waals surface area contributed by atoms with Gasteiger partial charge in [0.25, 0.3) is 0 Å². The van der Waals surface area contributed by atoms with E-state index in [9.17, 15) is 0 Å². The molecule has 0 aliphatic heterocycles. The van der Waals surface area contributed by atoms with Gasteiger partial charge < -0.3 is 5.43 Å². The van der Waals surface area contributed by atoms with E-state index < -0.39 is 0 Å². The first-order valence-corrected chi connectivity index (χ1v) is 5.38. The molecule has 5 heteroatoms. The summed E-state index contributed by atoms with van der Waals surface area (Å²) in [4.78, 5) is 4.20. The van der Waals surface area contributed by atoms with Gasteiger partial charge in [-0.2, -0.15) is 0 Å². The molecule has 1 aromatic heterocycles. The topological polar surface area (TPSA) is 50.9 Å². The Bertz CT molecular complexity index is 487. The number of nitrogens with one attached hydrogen (secondary N) is 1. The van der Waals surface area contributed by atoms with Crippen molar-refractivity contribution < 1.29 is 0 Å². The minimum atomic E-state index is 0.643. The summed E-state index contributed by atoms with van der Waals surface area (Å²) in [5.74, 6) is 5.39. The van der Waals surface area contributed by atoms with Gasteiger partial charge in [-0.25, -0.2) is 0 Å². The van der Waals surface area contributed by atoms with Gasteiger partial charge in [-0.1, -0.05) is 11.6 Å². The van der Waals surface area contributed by atoms with Gasteiger partial charge in [0.15, 0.2) is 0 Å². The molecule has 2 rings (SSSR count). The lowest BCUT2D eigenvalue weighted by atomic mass is 10.2. The van der Waals surface area contributed by atoms with Crippen LogP contribution in [-0.4, -0.2) is 4.98 Å². The van der Waals surface area contributed by atoms with Gasteiger partial charge in [0.2, 0.25) is 0 Å². The molecule has 2 aromatic rings. The second-order valence-corrected chi connectivity index (χ2v) is 4.44. The second-order valence-electron chi connectivity index (χ2n) is 2.79. The molecule has 1 aromatic carbocycles. The van der Waals surface area contributed by atoms with E-state index in [1.54, 1.807) is 6.20 Å². The summed E-state index contributed by atoms with van der Waals surface area (Å²) in [5.41, 5.74) is 4.22. The molecule has 0 unspecified atom stereocenters. The Kier molecular flexibility index (Phi) is 2.76. The molecule has 72 valence electrons. The van der Waals surface area contributed by atoms with Crippen LogP contribution in [0, 0.1) is 3.57 Å². The summed E-state index contributed by atoms with van der Waals surface area (Å²) in [5, 5.41) is 1.58. The van der Waals surface area contributed by atoms with Crippen LogP contribution < -0.4 is 11.3 Å². The molecule has 0 bridgehead atoms. The standard InChI is InChI=1S/C9H7ClIN3/c10-7-4-5(11)3-6-8(14-12)1-2-13-9(6)7/h1-4H,12H2,(H,13,14). The number of anilines is 1. The van der Waals surface area contributed by atoms with Crippen LogP contribution in [0.2, 0.25) is 5.02 Å². The molecule has 0 amide bonds. The molecule has 0 saturated heterocycles. The third-order valence-corrected chi connectivity index (χ3v) is 2.83. The fourth-order valence-electron chi connectivity index (χ4n) is 1.30. The predicted molar refractivity (Wildman–Crippen MR) is 67.3 cm³/mol. The van der Waals surface area contributed by atoms with Gasteiger partial charge in [-0.05, 0) is 40.8 Å². The summed E-state index contributed by atoms with van der Waals surface area (Å²) >= 11 is 8.26. The number of hydrogen-bond donors (Lipinski definition) is 2. The molecule has 1 heterocycles. The Morgan fingerprint density at radius 1 is 1.43 bits per heavy atom. The maximum absolute atomic E-state index is 6.06. The van der Waals surface area contributed by atoms with Crippen LogP contribution in [-0.2, 0) is 0 Å². The van der Waals surface area contributed by atoms with E-state index in [2.05, 4.69) is 33.0 Å². The highest BCUT2D eigenvalue weighted by molar-refractivity contribution is 14.1. The van der Waals surface area contributed by atoms with Crippen LogP contribution in [0.5, 0.6) is 0 Å². The Hall–Kier alpha value is -0.590. The number of rotatable bonds is 1. The van der Waals surface area contributed by atoms with Gasteiger partial charge in [0.05, 0.1) is 16.2 Å². The van der Waals surface area contributed by atoms with Crippen molar-refractivity contribution in [3.05, 3.63) is 33.0 Å². The summed E-state index contributed by atoms with van der Waals surface area (Å²) in [6.07, 6.45) is 1.68. The zero-order valence-corrected chi connectivity index (χ0v) is 10.0. The van der Waals surface area contributed by atoms with Crippen LogP contribution in [0.15, 0.2) is 24.4 Å². The first kappa shape index (κ1) is 9.95. The minimum Gasteiger partial charge on any atom is -0.323 e. The molecule has 0 spiro atoms. The first-order chi connectivity index (χ1) is 6.72. The van der Waals surface area contributed by atoms with Crippen LogP contribution >= 0.6 is 34.2 Å². The number of nitrogen functional groups attached to an aromatic ring is 1. The number of hydrogen-bond acceptors (Lipinski definition) is 3. The second kappa shape index (κ2) is 3.88. The van der Waals surface area contributed by atoms with Crippen molar-refractivity contribution in [3.8, 4) is 0 Å². The van der Waals surface area contributed by atoms with Gasteiger partial charge in [0.1, 0.15) is 0 Å². The molecule has 14 heavy (non-hydrogen) atoms. The lowest BCUT2D eigenvalue weighted by Gasteiger charge is -2.06. The summed E-state index contributed by atoms with van der Waals surface area (Å²) < 4.78 is 1.06. The fourth-order valence-corrected chi connectivity index (χ4v) is 2.38. The van der Waals surface area contributed by atoms with Gasteiger partial charge in [-0.15, -0.1) is 0 Å². The Morgan fingerprint density at radius 2 is 2.21 bits per heavy atom. The third-order valence-electron chi connectivity index (χ3n) is 1.92. The third kappa shape index (κ3) is 1.65. The van der Waals surface area contributed by atoms with Crippen LogP contribution in [0.3, 0.4) is 0 Å². The van der Waals surface area contributed by atoms with Crippen molar-refractivity contribution in [1.82, 2.24) is 4.98 Å². The highest BCUT2D eigenvalue weighted by atomic mass is 127. The largest absolute Gasteiger partial charge is 0.323 e. The van der Waals surface area contributed by atoms with Crippen molar-refractivity contribution >= 4 is 50.8 Å². The molecule has 0 fully saturated rings. The lowest BCUT2D eigenvalue weighted by molar-refractivity contribution is 1.33. The predicted octanol–water partition coefficient (Wildman–Crippen LogP) is 2.78. The maximum Gasteiger partial charge on any atom is 0.0910 e. The van der Waals surface area contributed by atoms with Crippen molar-refractivity contribution in [1.29, 1.82) is 0 Å². The first-order valence-electron chi connectivity index (χ1n) is 3.93. The maximum atomic E-state index is 6.06. The quantitative estimate of drug-likeness (QED) is 0.483. The van der Waals surface area contributed by atoms with Crippen molar-refractivity contribution in [3.63, 3.8) is 0 Å². The van der Waals surface area contributed by atoms with Gasteiger partial charge in [-0.3, -0.25) is 10.8 Å². The molecule has 0 aliphatic carbocycles. The Labute approximate surface area is 99.8 Å². The van der Waals surface area contributed by atoms with E-state index >= 15 is 0 Å². The Morgan fingerprint density at radius 3 is 2.93 bits per heavy atom. The lowest BCUT2D eigenvalue weighted by Crippen LogP contribution is -2.07. The number of nitrogens with two attached hydrogens (primary N) is 1. The fraction of sp³-hybridized carbons (Fsp3) is 0. The molecule has 0 saturated carbocycles. The smallest absolute Gasteiger partial charge is 0.0910 e. The van der Waals surface area contributed by atoms with E-state index in [1.807, 2.05) is 18.2 Å². The number of hydrazine groups is 1. The molecule has 0 aliphatic rings. The monoisotopic (exact) mass is 319 g/mol. The summed E-state index contributed by atoms with van der Waals surface area (Å²) in [6, 6.07) is 5.68. The van der Waals surface area contributed by atoms with E-state index in [-0.39, 0.29) is 0 Å². The van der Waals surface area contributed by atoms with Crippen LogP contribution in [0.4, 0.5) is 5.69 Å². The zero-order chi connectivity index (χ0) is 10.1. The Balaban J connectivity index is 2.86. The normalized spacial score (nSPS) is 10.5. The minimum absolute atomic E-state index is 0.643. The highest BCUT2D eigenvalue weighted by Gasteiger charge is 2.05. The van der Waals surface area contributed by atoms with Crippen molar-refractivity contribution in [2.75, 3.05) is 5.43 Å². The molecule has 0 radical (unpaired) electrons. The average Bonchev–Trinajstić information content (AvgIpc) is 2.17. The molecular formula is C9H7ClIN3. The number of fused-ring (bicyclic) bond motifs is 1. The molecule has 0 atom stereocenters. The number of benzene rings is 1. The molecule has 3 N–H and O–H groups in total. The number of halogens is 2. The van der Waals surface area contributed by atoms with Gasteiger partial charge in [0, 0.05) is 15.2 Å². The average molecular weight is 320 g/mol. The number of pyridine rings is 1. The summed E-state index contributed by atoms with van der Waals surface area (Å²) in [7, 11) is 0. The highest BCUT2D eigenvalue weighted by Crippen LogP contribution is 2.28. The summed E-state index contributed by atoms with van der Waals surface area (Å²) in [6.45, 7) is 0. The number of aromatic nitrogens is 1. The van der Waals surface area contributed by atoms with Crippen LogP contribution in [0.25, 0.3) is 10.9 Å². The number of nitrogens with zero attached hydrogens (tertiary/aromatic N) is 1. The molecule has 3 nitrogen and oxygen atoms in total. The van der Waals surface area contributed by atoms with Crippen molar-refractivity contribution in [2.24, 2.45) is 5.84 Å². The van der Waals surface area contributed by atoms with E-state index in [4.69, 9.17) is 17.4 Å². The zero-order valence-electron chi connectivity index (χ0n) is 7.09. The van der Waals surface area contributed by atoms with E-state index in [0.29, 0.717) is 5.02 Å². The van der Waals surface area contributed by atoms with E-state index in [1.165, 1.54) is 0 Å². The SMILES string of the molecule is NNc1ccnc2c(Cl)cc(I)cc12.